The molecule has 0 fully saturated rings. The van der Waals surface area contributed by atoms with E-state index in [2.05, 4.69) is 15.6 Å². The number of benzene rings is 1. The lowest BCUT2D eigenvalue weighted by atomic mass is 9.86. The molecule has 0 saturated carbocycles. The number of hydrogen-bond donors (Lipinski definition) is 3. The molecule has 33 heavy (non-hydrogen) atoms. The minimum atomic E-state index is -0.936. The fourth-order valence-corrected chi connectivity index (χ4v) is 3.54. The van der Waals surface area contributed by atoms with Crippen molar-refractivity contribution in [2.24, 2.45) is 11.8 Å². The molecule has 180 valence electrons. The van der Waals surface area contributed by atoms with E-state index >= 15 is 0 Å². The third-order valence-electron chi connectivity index (χ3n) is 5.29. The summed E-state index contributed by atoms with van der Waals surface area (Å²) < 4.78 is 5.40. The summed E-state index contributed by atoms with van der Waals surface area (Å²) in [7, 11) is 0. The fraction of sp³-hybridized carbons (Fsp3) is 0.500. The van der Waals surface area contributed by atoms with Gasteiger partial charge < -0.3 is 20.5 Å². The lowest BCUT2D eigenvalue weighted by Crippen LogP contribution is -2.48. The molecule has 7 heteroatoms. The van der Waals surface area contributed by atoms with E-state index < -0.39 is 29.8 Å². The van der Waals surface area contributed by atoms with Crippen LogP contribution in [0.2, 0.25) is 0 Å². The predicted octanol–water partition coefficient (Wildman–Crippen LogP) is 3.86. The highest BCUT2D eigenvalue weighted by Crippen LogP contribution is 2.21. The van der Waals surface area contributed by atoms with Gasteiger partial charge in [0, 0.05) is 24.9 Å². The summed E-state index contributed by atoms with van der Waals surface area (Å²) in [4.78, 5) is 29.4. The van der Waals surface area contributed by atoms with E-state index in [1.165, 1.54) is 0 Å². The Morgan fingerprint density at radius 2 is 1.73 bits per heavy atom. The average molecular weight is 456 g/mol. The molecule has 2 rings (SSSR count). The largest absolute Gasteiger partial charge is 0.444 e. The molecule has 0 unspecified atom stereocenters. The Labute approximate surface area is 197 Å². The zero-order valence-corrected chi connectivity index (χ0v) is 20.2. The Hall–Kier alpha value is -2.93. The number of alkyl carbamates (subject to hydrolysis) is 1. The van der Waals surface area contributed by atoms with Gasteiger partial charge in [0.25, 0.3) is 0 Å². The second-order valence-corrected chi connectivity index (χ2v) is 9.68. The SMILES string of the molecule is CC(C)[C@H](C[C@H](O)[C@H](Cc1ccccc1)NC(=O)OC(C)(C)C)C(=O)NCc1cccnc1. The van der Waals surface area contributed by atoms with E-state index in [0.29, 0.717) is 13.0 Å². The number of carbonyl (C=O) groups excluding carboxylic acids is 2. The van der Waals surface area contributed by atoms with Gasteiger partial charge in [-0.2, -0.15) is 0 Å². The molecule has 0 spiro atoms. The van der Waals surface area contributed by atoms with Crippen LogP contribution in [0.5, 0.6) is 0 Å². The topological polar surface area (TPSA) is 101 Å². The first kappa shape index (κ1) is 26.3. The Kier molecular flexibility index (Phi) is 9.85. The molecule has 3 N–H and O–H groups in total. The van der Waals surface area contributed by atoms with E-state index in [9.17, 15) is 14.7 Å². The maximum atomic E-state index is 12.9. The molecule has 1 aromatic carbocycles. The van der Waals surface area contributed by atoms with Crippen LogP contribution in [0.25, 0.3) is 0 Å². The van der Waals surface area contributed by atoms with Crippen LogP contribution < -0.4 is 10.6 Å². The molecule has 0 saturated heterocycles. The normalized spacial score (nSPS) is 14.3. The second-order valence-electron chi connectivity index (χ2n) is 9.68. The van der Waals surface area contributed by atoms with Gasteiger partial charge in [-0.05, 0) is 56.7 Å². The molecular formula is C26H37N3O4. The van der Waals surface area contributed by atoms with Crippen LogP contribution in [-0.4, -0.2) is 39.8 Å². The van der Waals surface area contributed by atoms with E-state index in [-0.39, 0.29) is 18.2 Å². The molecule has 0 aliphatic carbocycles. The first-order valence-electron chi connectivity index (χ1n) is 11.4. The number of rotatable bonds is 10. The van der Waals surface area contributed by atoms with Gasteiger partial charge in [0.05, 0.1) is 12.1 Å². The molecule has 0 aliphatic rings. The van der Waals surface area contributed by atoms with Gasteiger partial charge in [-0.25, -0.2) is 4.79 Å². The summed E-state index contributed by atoms with van der Waals surface area (Å²) in [6.07, 6.45) is 2.50. The maximum absolute atomic E-state index is 12.9. The lowest BCUT2D eigenvalue weighted by molar-refractivity contribution is -0.127. The summed E-state index contributed by atoms with van der Waals surface area (Å²) in [5.74, 6) is -0.550. The predicted molar refractivity (Wildman–Crippen MR) is 128 cm³/mol. The smallest absolute Gasteiger partial charge is 0.407 e. The highest BCUT2D eigenvalue weighted by molar-refractivity contribution is 5.79. The van der Waals surface area contributed by atoms with Crippen molar-refractivity contribution in [3.05, 3.63) is 66.0 Å². The molecule has 1 heterocycles. The van der Waals surface area contributed by atoms with Crippen LogP contribution in [-0.2, 0) is 22.5 Å². The van der Waals surface area contributed by atoms with Crippen molar-refractivity contribution in [2.45, 2.75) is 71.8 Å². The number of carbonyl (C=O) groups is 2. The fourth-order valence-electron chi connectivity index (χ4n) is 3.54. The number of pyridine rings is 1. The van der Waals surface area contributed by atoms with Crippen LogP contribution in [0.1, 0.15) is 52.2 Å². The number of amides is 2. The van der Waals surface area contributed by atoms with Crippen molar-refractivity contribution in [3.63, 3.8) is 0 Å². The number of aliphatic hydroxyl groups excluding tert-OH is 1. The van der Waals surface area contributed by atoms with Gasteiger partial charge in [-0.15, -0.1) is 0 Å². The summed E-state index contributed by atoms with van der Waals surface area (Å²) in [6.45, 7) is 9.64. The monoisotopic (exact) mass is 455 g/mol. The average Bonchev–Trinajstić information content (AvgIpc) is 2.75. The Morgan fingerprint density at radius 3 is 2.30 bits per heavy atom. The van der Waals surface area contributed by atoms with Gasteiger partial charge >= 0.3 is 6.09 Å². The number of aliphatic hydroxyl groups is 1. The van der Waals surface area contributed by atoms with Crippen molar-refractivity contribution in [1.29, 1.82) is 0 Å². The molecule has 0 aliphatic heterocycles. The van der Waals surface area contributed by atoms with Crippen LogP contribution in [0.15, 0.2) is 54.9 Å². The lowest BCUT2D eigenvalue weighted by Gasteiger charge is -2.30. The van der Waals surface area contributed by atoms with Gasteiger partial charge in [0.15, 0.2) is 0 Å². The minimum Gasteiger partial charge on any atom is -0.444 e. The van der Waals surface area contributed by atoms with Gasteiger partial charge in [0.1, 0.15) is 5.60 Å². The number of ether oxygens (including phenoxy) is 1. The van der Waals surface area contributed by atoms with Gasteiger partial charge in [-0.1, -0.05) is 50.2 Å². The van der Waals surface area contributed by atoms with Crippen LogP contribution >= 0.6 is 0 Å². The first-order chi connectivity index (χ1) is 15.5. The van der Waals surface area contributed by atoms with Gasteiger partial charge in [0.2, 0.25) is 5.91 Å². The molecule has 0 radical (unpaired) electrons. The van der Waals surface area contributed by atoms with Crippen molar-refractivity contribution >= 4 is 12.0 Å². The highest BCUT2D eigenvalue weighted by Gasteiger charge is 2.31. The van der Waals surface area contributed by atoms with E-state index in [1.54, 1.807) is 33.2 Å². The van der Waals surface area contributed by atoms with Crippen molar-refractivity contribution < 1.29 is 19.4 Å². The molecular weight excluding hydrogens is 418 g/mol. The van der Waals surface area contributed by atoms with Crippen molar-refractivity contribution in [3.8, 4) is 0 Å². The molecule has 2 aromatic rings. The van der Waals surface area contributed by atoms with Crippen molar-refractivity contribution in [2.75, 3.05) is 0 Å². The van der Waals surface area contributed by atoms with Crippen LogP contribution in [0, 0.1) is 11.8 Å². The maximum Gasteiger partial charge on any atom is 0.407 e. The summed E-state index contributed by atoms with van der Waals surface area (Å²) in [5, 5.41) is 16.9. The summed E-state index contributed by atoms with van der Waals surface area (Å²) in [6, 6.07) is 12.7. The molecule has 3 atom stereocenters. The van der Waals surface area contributed by atoms with Crippen LogP contribution in [0.4, 0.5) is 4.79 Å². The molecule has 0 bridgehead atoms. The third kappa shape index (κ3) is 9.61. The number of nitrogens with zero attached hydrogens (tertiary/aromatic N) is 1. The first-order valence-corrected chi connectivity index (χ1v) is 11.4. The standard InChI is InChI=1S/C26H37N3O4/c1-18(2)21(24(31)28-17-20-12-9-13-27-16-20)15-23(30)22(14-19-10-7-6-8-11-19)29-25(32)33-26(3,4)5/h6-13,16,18,21-23,30H,14-15,17H2,1-5H3,(H,28,31)(H,29,32)/t21-,22-,23-/m0/s1. The van der Waals surface area contributed by atoms with Crippen molar-refractivity contribution in [1.82, 2.24) is 15.6 Å². The van der Waals surface area contributed by atoms with Gasteiger partial charge in [-0.3, -0.25) is 9.78 Å². The highest BCUT2D eigenvalue weighted by atomic mass is 16.6. The van der Waals surface area contributed by atoms with E-state index in [4.69, 9.17) is 4.74 Å². The minimum absolute atomic E-state index is 0.00690. The molecule has 7 nitrogen and oxygen atoms in total. The number of nitrogens with one attached hydrogen (secondary N) is 2. The number of hydrogen-bond acceptors (Lipinski definition) is 5. The zero-order chi connectivity index (χ0) is 24.4. The number of aromatic nitrogens is 1. The Balaban J connectivity index is 2.09. The van der Waals surface area contributed by atoms with Crippen LogP contribution in [0.3, 0.4) is 0 Å². The molecule has 1 aromatic heterocycles. The Bertz CT molecular complexity index is 866. The third-order valence-corrected chi connectivity index (χ3v) is 5.29. The summed E-state index contributed by atoms with van der Waals surface area (Å²) >= 11 is 0. The second kappa shape index (κ2) is 12.3. The van der Waals surface area contributed by atoms with E-state index in [0.717, 1.165) is 11.1 Å². The summed E-state index contributed by atoms with van der Waals surface area (Å²) in [5.41, 5.74) is 1.22. The zero-order valence-electron chi connectivity index (χ0n) is 20.2. The quantitative estimate of drug-likeness (QED) is 0.505. The Morgan fingerprint density at radius 1 is 1.06 bits per heavy atom. The molecule has 2 amide bonds. The van der Waals surface area contributed by atoms with E-state index in [1.807, 2.05) is 56.3 Å².